The molecule has 0 saturated carbocycles. The molecule has 2 aromatic rings. The van der Waals surface area contributed by atoms with Gasteiger partial charge in [0.25, 0.3) is 0 Å². The number of hydrogen-bond acceptors (Lipinski definition) is 6. The van der Waals surface area contributed by atoms with E-state index in [9.17, 15) is 21.6 Å². The fraction of sp³-hybridized carbons (Fsp3) is 0.381. The number of halogens is 1. The number of sulfonamides is 2. The van der Waals surface area contributed by atoms with Gasteiger partial charge in [0, 0.05) is 19.1 Å². The second-order valence-corrected chi connectivity index (χ2v) is 12.0. The highest BCUT2D eigenvalue weighted by Gasteiger charge is 2.30. The maximum absolute atomic E-state index is 12.7. The molecule has 0 radical (unpaired) electrons. The summed E-state index contributed by atoms with van der Waals surface area (Å²) in [6.45, 7) is 3.44. The predicted molar refractivity (Wildman–Crippen MR) is 129 cm³/mol. The summed E-state index contributed by atoms with van der Waals surface area (Å²) in [7, 11) is -4.40. The van der Waals surface area contributed by atoms with Crippen molar-refractivity contribution in [3.63, 3.8) is 0 Å². The maximum atomic E-state index is 12.7. The number of carbonyl (C=O) groups excluding carboxylic acids is 1. The zero-order valence-electron chi connectivity index (χ0n) is 19.1. The zero-order chi connectivity index (χ0) is 25.0. The summed E-state index contributed by atoms with van der Waals surface area (Å²) in [6, 6.07) is 9.72. The summed E-state index contributed by atoms with van der Waals surface area (Å²) in [4.78, 5) is 12.8. The van der Waals surface area contributed by atoms with E-state index < -0.39 is 32.0 Å². The van der Waals surface area contributed by atoms with Gasteiger partial charge in [0.15, 0.2) is 0 Å². The molecular weight excluding hydrogens is 490 g/mol. The molecule has 0 aliphatic rings. The molecule has 0 spiro atoms. The molecule has 0 aliphatic heterocycles. The first-order chi connectivity index (χ1) is 15.2. The Hall–Kier alpha value is -2.34. The van der Waals surface area contributed by atoms with Crippen molar-refractivity contribution in [1.29, 1.82) is 0 Å². The number of carbonyl (C=O) groups is 1. The Morgan fingerprint density at radius 2 is 1.70 bits per heavy atom. The quantitative estimate of drug-likeness (QED) is 0.484. The number of nitrogens with one attached hydrogen (secondary N) is 1. The molecule has 0 fully saturated rings. The zero-order valence-corrected chi connectivity index (χ0v) is 21.5. The lowest BCUT2D eigenvalue weighted by atomic mass is 10.2. The molecule has 0 unspecified atom stereocenters. The summed E-state index contributed by atoms with van der Waals surface area (Å²) >= 11 is 6.03. The topological polar surface area (TPSA) is 113 Å². The molecule has 12 heteroatoms. The minimum absolute atomic E-state index is 0.104. The molecular formula is C21H28ClN3O6S2. The smallest absolute Gasteiger partial charge is 0.243 e. The Morgan fingerprint density at radius 3 is 2.24 bits per heavy atom. The highest BCUT2D eigenvalue weighted by atomic mass is 35.5. The van der Waals surface area contributed by atoms with Crippen molar-refractivity contribution in [2.45, 2.75) is 24.8 Å². The lowest BCUT2D eigenvalue weighted by Crippen LogP contribution is -2.48. The average molecular weight is 518 g/mol. The van der Waals surface area contributed by atoms with Crippen molar-refractivity contribution in [1.82, 2.24) is 9.62 Å². The minimum atomic E-state index is -3.77. The van der Waals surface area contributed by atoms with Gasteiger partial charge in [-0.3, -0.25) is 9.10 Å². The molecule has 0 aliphatic carbocycles. The number of amides is 1. The van der Waals surface area contributed by atoms with Crippen molar-refractivity contribution in [3.8, 4) is 5.75 Å². The van der Waals surface area contributed by atoms with E-state index in [1.807, 2.05) is 0 Å². The van der Waals surface area contributed by atoms with Crippen molar-refractivity contribution >= 4 is 43.2 Å². The molecule has 0 heterocycles. The van der Waals surface area contributed by atoms with Crippen LogP contribution in [0.5, 0.6) is 5.75 Å². The summed E-state index contributed by atoms with van der Waals surface area (Å²) < 4.78 is 56.7. The van der Waals surface area contributed by atoms with Gasteiger partial charge in [0.2, 0.25) is 26.0 Å². The van der Waals surface area contributed by atoms with Crippen LogP contribution in [-0.2, 0) is 24.8 Å². The van der Waals surface area contributed by atoms with Gasteiger partial charge in [-0.1, -0.05) is 17.7 Å². The molecule has 0 bridgehead atoms. The predicted octanol–water partition coefficient (Wildman–Crippen LogP) is 2.25. The lowest BCUT2D eigenvalue weighted by molar-refractivity contribution is -0.121. The first-order valence-corrected chi connectivity index (χ1v) is 13.6. The van der Waals surface area contributed by atoms with Crippen LogP contribution >= 0.6 is 11.6 Å². The van der Waals surface area contributed by atoms with E-state index in [1.165, 1.54) is 51.4 Å². The van der Waals surface area contributed by atoms with Gasteiger partial charge in [-0.25, -0.2) is 21.1 Å². The lowest BCUT2D eigenvalue weighted by Gasteiger charge is -2.29. The number of hydrogen-bond donors (Lipinski definition) is 1. The fourth-order valence-corrected chi connectivity index (χ4v) is 5.30. The second kappa shape index (κ2) is 10.7. The third-order valence-corrected chi connectivity index (χ3v) is 8.06. The molecule has 182 valence electrons. The van der Waals surface area contributed by atoms with Crippen molar-refractivity contribution in [2.24, 2.45) is 0 Å². The number of aryl methyl sites for hydroxylation is 1. The number of benzene rings is 2. The Kier molecular flexibility index (Phi) is 8.75. The van der Waals surface area contributed by atoms with Crippen LogP contribution in [0, 0.1) is 6.92 Å². The Labute approximate surface area is 200 Å². The first-order valence-electron chi connectivity index (χ1n) is 9.94. The first kappa shape index (κ1) is 26.9. The van der Waals surface area contributed by atoms with Crippen molar-refractivity contribution in [2.75, 3.05) is 37.8 Å². The van der Waals surface area contributed by atoms with E-state index in [4.69, 9.17) is 16.3 Å². The number of ether oxygens (including phenoxy) is 1. The van der Waals surface area contributed by atoms with Gasteiger partial charge in [0.05, 0.1) is 23.4 Å². The molecule has 0 aromatic heterocycles. The number of nitrogens with zero attached hydrogens (tertiary/aromatic N) is 2. The molecule has 2 rings (SSSR count). The van der Waals surface area contributed by atoms with E-state index in [-0.39, 0.29) is 18.0 Å². The molecule has 2 aromatic carbocycles. The molecule has 1 atom stereocenters. The Morgan fingerprint density at radius 1 is 1.09 bits per heavy atom. The molecule has 9 nitrogen and oxygen atoms in total. The van der Waals surface area contributed by atoms with Gasteiger partial charge in [-0.15, -0.1) is 0 Å². The summed E-state index contributed by atoms with van der Waals surface area (Å²) in [6.07, 6.45) is 1.03. The second-order valence-electron chi connectivity index (χ2n) is 7.56. The minimum Gasteiger partial charge on any atom is -0.492 e. The van der Waals surface area contributed by atoms with Gasteiger partial charge in [-0.2, -0.15) is 0 Å². The third-order valence-electron chi connectivity index (χ3n) is 4.77. The summed E-state index contributed by atoms with van der Waals surface area (Å²) in [5.74, 6) is -0.0712. The van der Waals surface area contributed by atoms with Crippen LogP contribution in [-0.4, -0.2) is 66.6 Å². The monoisotopic (exact) mass is 517 g/mol. The Bertz CT molecular complexity index is 1200. The van der Waals surface area contributed by atoms with Crippen LogP contribution in [0.25, 0.3) is 0 Å². The summed E-state index contributed by atoms with van der Waals surface area (Å²) in [5.41, 5.74) is 0.990. The van der Waals surface area contributed by atoms with Crippen molar-refractivity contribution in [3.05, 3.63) is 53.1 Å². The van der Waals surface area contributed by atoms with E-state index >= 15 is 0 Å². The van der Waals surface area contributed by atoms with E-state index in [0.29, 0.717) is 22.0 Å². The normalized spacial score (nSPS) is 12.9. The SMILES string of the molecule is Cc1ccc(Cl)cc1N([C@H](C)C(=O)NCCOc1ccc(S(=O)(=O)N(C)C)cc1)S(C)(=O)=O. The van der Waals surface area contributed by atoms with E-state index in [2.05, 4.69) is 5.32 Å². The largest absolute Gasteiger partial charge is 0.492 e. The van der Waals surface area contributed by atoms with Crippen LogP contribution in [0.2, 0.25) is 5.02 Å². The fourth-order valence-electron chi connectivity index (χ4n) is 3.01. The third kappa shape index (κ3) is 6.83. The Balaban J connectivity index is 2.00. The average Bonchev–Trinajstić information content (AvgIpc) is 2.72. The van der Waals surface area contributed by atoms with Gasteiger partial charge >= 0.3 is 0 Å². The number of anilines is 1. The van der Waals surface area contributed by atoms with Crippen LogP contribution in [0.3, 0.4) is 0 Å². The van der Waals surface area contributed by atoms with Crippen LogP contribution in [0.15, 0.2) is 47.4 Å². The number of rotatable bonds is 10. The van der Waals surface area contributed by atoms with Crippen LogP contribution in [0.1, 0.15) is 12.5 Å². The van der Waals surface area contributed by atoms with Gasteiger partial charge < -0.3 is 10.1 Å². The van der Waals surface area contributed by atoms with Crippen LogP contribution in [0.4, 0.5) is 5.69 Å². The van der Waals surface area contributed by atoms with Gasteiger partial charge in [0.1, 0.15) is 18.4 Å². The highest BCUT2D eigenvalue weighted by molar-refractivity contribution is 7.92. The molecule has 1 N–H and O–H groups in total. The van der Waals surface area contributed by atoms with Gasteiger partial charge in [-0.05, 0) is 55.8 Å². The molecule has 33 heavy (non-hydrogen) atoms. The molecule has 1 amide bonds. The van der Waals surface area contributed by atoms with E-state index in [0.717, 1.165) is 14.9 Å². The van der Waals surface area contributed by atoms with E-state index in [1.54, 1.807) is 19.1 Å². The highest BCUT2D eigenvalue weighted by Crippen LogP contribution is 2.28. The van der Waals surface area contributed by atoms with Crippen LogP contribution < -0.4 is 14.4 Å². The molecule has 0 saturated heterocycles. The summed E-state index contributed by atoms with van der Waals surface area (Å²) in [5, 5.41) is 3.01. The van der Waals surface area contributed by atoms with Crippen molar-refractivity contribution < 1.29 is 26.4 Å². The maximum Gasteiger partial charge on any atom is 0.243 e. The standard InChI is InChI=1S/C21H28ClN3O6S2/c1-15-6-7-17(22)14-20(15)25(32(5,27)28)16(2)21(26)23-12-13-31-18-8-10-19(11-9-18)33(29,30)24(3)4/h6-11,14,16H,12-13H2,1-5H3,(H,23,26)/t16-/m1/s1.